The Bertz CT molecular complexity index is 1090. The van der Waals surface area contributed by atoms with Crippen LogP contribution in [0, 0.1) is 6.92 Å². The summed E-state index contributed by atoms with van der Waals surface area (Å²) in [6.07, 6.45) is 0. The number of fused-ring (bicyclic) bond motifs is 1. The summed E-state index contributed by atoms with van der Waals surface area (Å²) in [4.78, 5) is 12.2. The second-order valence-corrected chi connectivity index (χ2v) is 7.25. The lowest BCUT2D eigenvalue weighted by atomic mass is 10.2. The zero-order valence-corrected chi connectivity index (χ0v) is 17.4. The summed E-state index contributed by atoms with van der Waals surface area (Å²) in [7, 11) is 1.56. The van der Waals surface area contributed by atoms with Crippen LogP contribution in [0.5, 0.6) is 17.4 Å². The van der Waals surface area contributed by atoms with Crippen LogP contribution in [0.15, 0.2) is 46.6 Å². The Morgan fingerprint density at radius 2 is 2.00 bits per heavy atom. The maximum atomic E-state index is 12.2. The molecule has 0 aliphatic heterocycles. The lowest BCUT2D eigenvalue weighted by Gasteiger charge is -2.10. The highest BCUT2D eigenvalue weighted by atomic mass is 35.5. The number of methoxy groups -OCH3 is 1. The minimum absolute atomic E-state index is 0.0123. The molecule has 0 aliphatic carbocycles. The van der Waals surface area contributed by atoms with Crippen molar-refractivity contribution >= 4 is 34.1 Å². The van der Waals surface area contributed by atoms with Gasteiger partial charge in [0, 0.05) is 16.5 Å². The first kappa shape index (κ1) is 20.7. The number of ether oxygens (including phenoxy) is 2. The third-order valence-electron chi connectivity index (χ3n) is 4.42. The average Bonchev–Trinajstić information content (AvgIpc) is 2.96. The average molecular weight is 416 g/mol. The van der Waals surface area contributed by atoms with Crippen molar-refractivity contribution in [2.45, 2.75) is 26.8 Å². The Balaban J connectivity index is 1.85. The van der Waals surface area contributed by atoms with E-state index in [1.54, 1.807) is 42.0 Å². The Morgan fingerprint density at radius 3 is 2.66 bits per heavy atom. The Hall–Kier alpha value is -3.06. The van der Waals surface area contributed by atoms with Gasteiger partial charge in [0.15, 0.2) is 12.3 Å². The molecule has 7 nitrogen and oxygen atoms in total. The number of halogens is 1. The molecule has 0 fully saturated rings. The summed E-state index contributed by atoms with van der Waals surface area (Å²) in [5.74, 6) is 0.519. The summed E-state index contributed by atoms with van der Waals surface area (Å²) >= 11 is 5.91. The van der Waals surface area contributed by atoms with Crippen molar-refractivity contribution in [3.8, 4) is 17.4 Å². The fourth-order valence-electron chi connectivity index (χ4n) is 3.06. The summed E-state index contributed by atoms with van der Waals surface area (Å²) in [6, 6.07) is 10.5. The lowest BCUT2D eigenvalue weighted by molar-refractivity contribution is -0.120. The lowest BCUT2D eigenvalue weighted by Crippen LogP contribution is -2.08. The molecule has 29 heavy (non-hydrogen) atoms. The number of hydrogen-bond acceptors (Lipinski definition) is 5. The van der Waals surface area contributed by atoms with E-state index in [0.717, 1.165) is 11.1 Å². The highest BCUT2D eigenvalue weighted by molar-refractivity contribution is 6.30. The molecule has 0 atom stereocenters. The Kier molecular flexibility index (Phi) is 6.08. The van der Waals surface area contributed by atoms with Crippen LogP contribution in [0.25, 0.3) is 10.9 Å². The minimum atomic E-state index is -0.577. The van der Waals surface area contributed by atoms with Crippen LogP contribution in [0.4, 0.5) is 5.69 Å². The number of amides is 1. The van der Waals surface area contributed by atoms with Gasteiger partial charge in [0.25, 0.3) is 0 Å². The van der Waals surface area contributed by atoms with Crippen molar-refractivity contribution in [1.82, 2.24) is 4.57 Å². The van der Waals surface area contributed by atoms with E-state index in [1.165, 1.54) is 0 Å². The van der Waals surface area contributed by atoms with Gasteiger partial charge in [0.05, 0.1) is 12.6 Å². The largest absolute Gasteiger partial charge is 0.497 e. The van der Waals surface area contributed by atoms with Crippen LogP contribution < -0.4 is 9.47 Å². The maximum Gasteiger partial charge on any atom is 0.302 e. The van der Waals surface area contributed by atoms with E-state index in [0.29, 0.717) is 21.9 Å². The van der Waals surface area contributed by atoms with Crippen molar-refractivity contribution in [2.24, 2.45) is 10.2 Å². The molecule has 1 heterocycles. The van der Waals surface area contributed by atoms with Gasteiger partial charge >= 0.3 is 5.91 Å². The van der Waals surface area contributed by atoms with Gasteiger partial charge in [-0.2, -0.15) is 0 Å². The maximum absolute atomic E-state index is 12.2. The molecule has 0 saturated carbocycles. The van der Waals surface area contributed by atoms with Gasteiger partial charge in [-0.15, -0.1) is 10.2 Å². The van der Waals surface area contributed by atoms with Crippen molar-refractivity contribution in [2.75, 3.05) is 13.7 Å². The van der Waals surface area contributed by atoms with Crippen molar-refractivity contribution in [3.63, 3.8) is 0 Å². The molecule has 1 amide bonds. The highest BCUT2D eigenvalue weighted by Crippen LogP contribution is 2.42. The smallest absolute Gasteiger partial charge is 0.302 e. The van der Waals surface area contributed by atoms with Gasteiger partial charge in [-0.3, -0.25) is 4.79 Å². The first-order valence-electron chi connectivity index (χ1n) is 9.06. The molecule has 3 rings (SSSR count). The zero-order chi connectivity index (χ0) is 21.1. The predicted molar refractivity (Wildman–Crippen MR) is 112 cm³/mol. The molecule has 3 aromatic rings. The number of carbonyl (C=O) groups excluding carboxylic acids is 1. The fourth-order valence-corrected chi connectivity index (χ4v) is 3.29. The standard InChI is InChI=1S/C21H22ClN3O4/c1-12(2)25-17-7-6-15(28-4)10-16(17)20(21(25)27)24-23-19(26)11-29-18-8-5-14(22)9-13(18)3/h5-10,12,27H,11H2,1-4H3. The number of nitrogens with zero attached hydrogens (tertiary/aromatic N) is 3. The number of hydrogen-bond donors (Lipinski definition) is 1. The minimum Gasteiger partial charge on any atom is -0.497 e. The van der Waals surface area contributed by atoms with Crippen molar-refractivity contribution in [3.05, 3.63) is 47.0 Å². The summed E-state index contributed by atoms with van der Waals surface area (Å²) < 4.78 is 12.5. The Morgan fingerprint density at radius 1 is 1.24 bits per heavy atom. The van der Waals surface area contributed by atoms with Gasteiger partial charge < -0.3 is 19.1 Å². The monoisotopic (exact) mass is 415 g/mol. The molecule has 8 heteroatoms. The zero-order valence-electron chi connectivity index (χ0n) is 16.6. The number of benzene rings is 2. The van der Waals surface area contributed by atoms with Gasteiger partial charge in [-0.25, -0.2) is 0 Å². The summed E-state index contributed by atoms with van der Waals surface area (Å²) in [6.45, 7) is 5.44. The first-order chi connectivity index (χ1) is 13.8. The molecule has 0 aliphatic rings. The van der Waals surface area contributed by atoms with E-state index in [1.807, 2.05) is 26.8 Å². The first-order valence-corrected chi connectivity index (χ1v) is 9.44. The molecule has 152 valence electrons. The molecule has 0 unspecified atom stereocenters. The van der Waals surface area contributed by atoms with Gasteiger partial charge in [0.2, 0.25) is 5.88 Å². The van der Waals surface area contributed by atoms with Crippen LogP contribution in [-0.2, 0) is 4.79 Å². The quantitative estimate of drug-likeness (QED) is 0.532. The normalized spacial score (nSPS) is 11.5. The molecular formula is C21H22ClN3O4. The van der Waals surface area contributed by atoms with Crippen molar-refractivity contribution in [1.29, 1.82) is 0 Å². The number of aryl methyl sites for hydroxylation is 1. The number of rotatable bonds is 6. The molecular weight excluding hydrogens is 394 g/mol. The summed E-state index contributed by atoms with van der Waals surface area (Å²) in [5.41, 5.74) is 1.79. The van der Waals surface area contributed by atoms with E-state index in [9.17, 15) is 9.90 Å². The number of aromatic nitrogens is 1. The van der Waals surface area contributed by atoms with Crippen LogP contribution in [-0.4, -0.2) is 29.3 Å². The van der Waals surface area contributed by atoms with E-state index in [-0.39, 0.29) is 24.2 Å². The SMILES string of the molecule is COc1ccc2c(c1)c(N=NC(=O)COc1ccc(Cl)cc1C)c(O)n2C(C)C. The second-order valence-electron chi connectivity index (χ2n) is 6.81. The van der Waals surface area contributed by atoms with Gasteiger partial charge in [0.1, 0.15) is 11.5 Å². The molecule has 2 aromatic carbocycles. The summed E-state index contributed by atoms with van der Waals surface area (Å²) in [5, 5.41) is 19.6. The molecule has 0 saturated heterocycles. The third kappa shape index (κ3) is 4.35. The van der Waals surface area contributed by atoms with Crippen LogP contribution in [0.2, 0.25) is 5.02 Å². The number of azo groups is 1. The van der Waals surface area contributed by atoms with Crippen LogP contribution in [0.3, 0.4) is 0 Å². The van der Waals surface area contributed by atoms with E-state index in [2.05, 4.69) is 10.2 Å². The van der Waals surface area contributed by atoms with E-state index >= 15 is 0 Å². The number of carbonyl (C=O) groups is 1. The van der Waals surface area contributed by atoms with Crippen molar-refractivity contribution < 1.29 is 19.4 Å². The van der Waals surface area contributed by atoms with Gasteiger partial charge in [-0.1, -0.05) is 11.6 Å². The fraction of sp³-hybridized carbons (Fsp3) is 0.286. The van der Waals surface area contributed by atoms with E-state index < -0.39 is 5.91 Å². The van der Waals surface area contributed by atoms with Gasteiger partial charge in [-0.05, 0) is 62.7 Å². The molecule has 1 N–H and O–H groups in total. The predicted octanol–water partition coefficient (Wildman–Crippen LogP) is 5.59. The number of aromatic hydroxyl groups is 1. The molecule has 0 radical (unpaired) electrons. The van der Waals surface area contributed by atoms with E-state index in [4.69, 9.17) is 21.1 Å². The molecule has 0 bridgehead atoms. The van der Waals surface area contributed by atoms with Crippen LogP contribution in [0.1, 0.15) is 25.5 Å². The highest BCUT2D eigenvalue weighted by Gasteiger charge is 2.19. The second kappa shape index (κ2) is 8.53. The van der Waals surface area contributed by atoms with Crippen LogP contribution >= 0.6 is 11.6 Å². The third-order valence-corrected chi connectivity index (χ3v) is 4.66. The topological polar surface area (TPSA) is 85.4 Å². The Labute approximate surface area is 173 Å². The molecule has 0 spiro atoms. The molecule has 1 aromatic heterocycles.